The molecule has 0 aliphatic heterocycles. The monoisotopic (exact) mass is 366 g/mol. The third-order valence-corrected chi connectivity index (χ3v) is 5.88. The Hall–Kier alpha value is -3.40. The molecule has 0 spiro atoms. The van der Waals surface area contributed by atoms with Crippen LogP contribution in [0.2, 0.25) is 0 Å². The fourth-order valence-corrected chi connectivity index (χ4v) is 4.58. The van der Waals surface area contributed by atoms with Crippen LogP contribution in [0.3, 0.4) is 0 Å². The van der Waals surface area contributed by atoms with E-state index in [-0.39, 0.29) is 0 Å². The zero-order valence-electron chi connectivity index (χ0n) is 15.2. The molecule has 0 fully saturated rings. The van der Waals surface area contributed by atoms with Crippen LogP contribution in [-0.2, 0) is 0 Å². The van der Waals surface area contributed by atoms with Crippen molar-refractivity contribution in [1.29, 1.82) is 0 Å². The average Bonchev–Trinajstić information content (AvgIpc) is 2.77. The molecule has 4 heteroatoms. The standard InChI is InChI=1S/C24H18N2O2/c27-25-22-13-14-23(26-28)24-20-11-9-18-16(15-5-2-1-3-6-15)7-4-8-17(18)19(20)10-12-21(22)24/h1-12,22-23H,13-14H2. The minimum absolute atomic E-state index is 0.399. The van der Waals surface area contributed by atoms with Gasteiger partial charge in [0.2, 0.25) is 0 Å². The minimum atomic E-state index is -0.425. The van der Waals surface area contributed by atoms with Crippen molar-refractivity contribution in [2.45, 2.75) is 24.9 Å². The molecule has 1 aliphatic rings. The molecule has 0 radical (unpaired) electrons. The number of rotatable bonds is 3. The fourth-order valence-electron chi connectivity index (χ4n) is 4.58. The molecule has 136 valence electrons. The summed E-state index contributed by atoms with van der Waals surface area (Å²) in [5, 5.41) is 11.0. The van der Waals surface area contributed by atoms with Gasteiger partial charge in [0.1, 0.15) is 12.1 Å². The van der Waals surface area contributed by atoms with Crippen LogP contribution in [0.25, 0.3) is 32.7 Å². The van der Waals surface area contributed by atoms with Crippen molar-refractivity contribution in [3.63, 3.8) is 0 Å². The molecular weight excluding hydrogens is 348 g/mol. The molecule has 0 saturated carbocycles. The van der Waals surface area contributed by atoms with E-state index in [0.29, 0.717) is 12.8 Å². The molecule has 2 unspecified atom stereocenters. The van der Waals surface area contributed by atoms with Crippen LogP contribution in [0.1, 0.15) is 36.1 Å². The smallest absolute Gasteiger partial charge is 0.118 e. The number of fused-ring (bicyclic) bond motifs is 5. The number of nitrogens with zero attached hydrogens (tertiary/aromatic N) is 2. The molecule has 0 amide bonds. The first-order valence-electron chi connectivity index (χ1n) is 9.50. The van der Waals surface area contributed by atoms with E-state index < -0.39 is 12.1 Å². The van der Waals surface area contributed by atoms with Crippen molar-refractivity contribution in [3.05, 3.63) is 93.7 Å². The largest absolute Gasteiger partial charge is 0.150 e. The van der Waals surface area contributed by atoms with Gasteiger partial charge in [-0.1, -0.05) is 83.2 Å². The molecular formula is C24H18N2O2. The molecule has 4 aromatic rings. The predicted octanol–water partition coefficient (Wildman–Crippen LogP) is 7.07. The summed E-state index contributed by atoms with van der Waals surface area (Å²) in [6, 6.07) is 24.0. The highest BCUT2D eigenvalue weighted by molar-refractivity contribution is 6.13. The lowest BCUT2D eigenvalue weighted by molar-refractivity contribution is 0.503. The topological polar surface area (TPSA) is 58.9 Å². The van der Waals surface area contributed by atoms with Gasteiger partial charge in [0, 0.05) is 0 Å². The molecule has 0 N–H and O–H groups in total. The normalized spacial score (nSPS) is 18.7. The third-order valence-electron chi connectivity index (χ3n) is 5.88. The van der Waals surface area contributed by atoms with Crippen molar-refractivity contribution < 1.29 is 0 Å². The van der Waals surface area contributed by atoms with Crippen molar-refractivity contribution in [3.8, 4) is 11.1 Å². The fraction of sp³-hybridized carbons (Fsp3) is 0.167. The van der Waals surface area contributed by atoms with Crippen molar-refractivity contribution >= 4 is 21.5 Å². The summed E-state index contributed by atoms with van der Waals surface area (Å²) in [4.78, 5) is 22.8. The maximum atomic E-state index is 11.5. The molecule has 0 bridgehead atoms. The molecule has 0 heterocycles. The van der Waals surface area contributed by atoms with E-state index in [9.17, 15) is 9.81 Å². The second-order valence-electron chi connectivity index (χ2n) is 7.32. The van der Waals surface area contributed by atoms with Gasteiger partial charge in [-0.2, -0.15) is 9.81 Å². The summed E-state index contributed by atoms with van der Waals surface area (Å²) < 4.78 is 0. The van der Waals surface area contributed by atoms with Crippen molar-refractivity contribution in [1.82, 2.24) is 0 Å². The summed E-state index contributed by atoms with van der Waals surface area (Å²) in [5.74, 6) is 0. The highest BCUT2D eigenvalue weighted by Gasteiger charge is 2.30. The van der Waals surface area contributed by atoms with Gasteiger partial charge in [0.15, 0.2) is 0 Å². The first-order valence-corrected chi connectivity index (χ1v) is 9.50. The first kappa shape index (κ1) is 16.8. The van der Waals surface area contributed by atoms with Crippen molar-refractivity contribution in [2.24, 2.45) is 10.4 Å². The lowest BCUT2D eigenvalue weighted by atomic mass is 9.81. The van der Waals surface area contributed by atoms with Gasteiger partial charge in [-0.3, -0.25) is 0 Å². The van der Waals surface area contributed by atoms with Gasteiger partial charge in [0.05, 0.1) is 0 Å². The maximum absolute atomic E-state index is 11.5. The summed E-state index contributed by atoms with van der Waals surface area (Å²) in [5.41, 5.74) is 4.06. The van der Waals surface area contributed by atoms with E-state index in [1.807, 2.05) is 24.3 Å². The van der Waals surface area contributed by atoms with Gasteiger partial charge in [0.25, 0.3) is 0 Å². The number of hydrogen-bond acceptors (Lipinski definition) is 4. The Morgan fingerprint density at radius 3 is 2.07 bits per heavy atom. The summed E-state index contributed by atoms with van der Waals surface area (Å²) in [7, 11) is 0. The van der Waals surface area contributed by atoms with Crippen LogP contribution in [0, 0.1) is 9.81 Å². The van der Waals surface area contributed by atoms with Gasteiger partial charge >= 0.3 is 0 Å². The Morgan fingerprint density at radius 1 is 0.607 bits per heavy atom. The van der Waals surface area contributed by atoms with Gasteiger partial charge in [-0.15, -0.1) is 0 Å². The predicted molar refractivity (Wildman–Crippen MR) is 113 cm³/mol. The third kappa shape index (κ3) is 2.45. The van der Waals surface area contributed by atoms with Crippen LogP contribution in [-0.4, -0.2) is 0 Å². The molecule has 0 aromatic heterocycles. The van der Waals surface area contributed by atoms with Gasteiger partial charge < -0.3 is 0 Å². The highest BCUT2D eigenvalue weighted by Crippen LogP contribution is 2.45. The second-order valence-corrected chi connectivity index (χ2v) is 7.32. The molecule has 0 saturated heterocycles. The van der Waals surface area contributed by atoms with Crippen LogP contribution < -0.4 is 0 Å². The minimum Gasteiger partial charge on any atom is -0.150 e. The van der Waals surface area contributed by atoms with Crippen LogP contribution in [0.5, 0.6) is 0 Å². The van der Waals surface area contributed by atoms with Gasteiger partial charge in [-0.05, 0) is 56.6 Å². The molecule has 5 rings (SSSR count). The first-order chi connectivity index (χ1) is 13.8. The zero-order chi connectivity index (χ0) is 19.1. The Kier molecular flexibility index (Phi) is 3.97. The Balaban J connectivity index is 1.83. The Morgan fingerprint density at radius 2 is 1.29 bits per heavy atom. The molecule has 4 nitrogen and oxygen atoms in total. The lowest BCUT2D eigenvalue weighted by Gasteiger charge is -2.26. The van der Waals surface area contributed by atoms with E-state index in [1.54, 1.807) is 0 Å². The number of nitroso groups, excluding NO2 is 2. The SMILES string of the molecule is O=NC1CCC(N=O)c2c1ccc1c2ccc2c(-c3ccccc3)cccc21. The van der Waals surface area contributed by atoms with E-state index in [4.69, 9.17) is 0 Å². The van der Waals surface area contributed by atoms with E-state index in [2.05, 4.69) is 58.9 Å². The van der Waals surface area contributed by atoms with Crippen LogP contribution in [0.4, 0.5) is 0 Å². The van der Waals surface area contributed by atoms with Crippen LogP contribution >= 0.6 is 0 Å². The summed E-state index contributed by atoms with van der Waals surface area (Å²) in [6.07, 6.45) is 1.14. The molecule has 28 heavy (non-hydrogen) atoms. The quantitative estimate of drug-likeness (QED) is 0.287. The van der Waals surface area contributed by atoms with E-state index in [1.165, 1.54) is 11.1 Å². The van der Waals surface area contributed by atoms with Crippen LogP contribution in [0.15, 0.2) is 83.2 Å². The maximum Gasteiger partial charge on any atom is 0.118 e. The lowest BCUT2D eigenvalue weighted by Crippen LogP contribution is -2.12. The summed E-state index contributed by atoms with van der Waals surface area (Å²) >= 11 is 0. The molecule has 4 aromatic carbocycles. The van der Waals surface area contributed by atoms with E-state index in [0.717, 1.165) is 32.7 Å². The average molecular weight is 366 g/mol. The molecule has 2 atom stereocenters. The number of benzene rings is 4. The number of hydrogen-bond donors (Lipinski definition) is 0. The van der Waals surface area contributed by atoms with E-state index >= 15 is 0 Å². The summed E-state index contributed by atoms with van der Waals surface area (Å²) in [6.45, 7) is 0. The highest BCUT2D eigenvalue weighted by atomic mass is 16.3. The van der Waals surface area contributed by atoms with Gasteiger partial charge in [-0.25, -0.2) is 0 Å². The van der Waals surface area contributed by atoms with Crippen molar-refractivity contribution in [2.75, 3.05) is 0 Å². The zero-order valence-corrected chi connectivity index (χ0v) is 15.2. The molecule has 1 aliphatic carbocycles. The Bertz CT molecular complexity index is 1220. The second kappa shape index (κ2) is 6.64. The Labute approximate surface area is 162 Å².